The molecule has 0 unspecified atom stereocenters. The van der Waals surface area contributed by atoms with Crippen molar-refractivity contribution in [1.82, 2.24) is 9.21 Å². The molecule has 0 atom stereocenters. The third-order valence-corrected chi connectivity index (χ3v) is 7.73. The summed E-state index contributed by atoms with van der Waals surface area (Å²) >= 11 is 0. The maximum atomic E-state index is 12.5. The number of sulfone groups is 1. The van der Waals surface area contributed by atoms with E-state index in [4.69, 9.17) is 0 Å². The van der Waals surface area contributed by atoms with Crippen LogP contribution in [0, 0.1) is 0 Å². The second kappa shape index (κ2) is 6.81. The van der Waals surface area contributed by atoms with Crippen molar-refractivity contribution in [2.45, 2.75) is 23.0 Å². The normalized spacial score (nSPS) is 17.2. The number of hydrogen-bond acceptors (Lipinski definition) is 5. The number of hydrogen-bond donors (Lipinski definition) is 0. The first-order valence-electron chi connectivity index (χ1n) is 7.54. The topological polar surface area (TPSA) is 91.8 Å². The van der Waals surface area contributed by atoms with Crippen molar-refractivity contribution in [3.8, 4) is 0 Å². The standard InChI is InChI=1S/C15H22N2O5S2/c1-16(2)24(21,22)14-6-4-12(5-7-14)15(18)17-10-8-13(9-11-17)23(3,19)20/h4-7,13H,8-11H2,1-3H3. The molecule has 1 aromatic carbocycles. The monoisotopic (exact) mass is 374 g/mol. The molecule has 0 bridgehead atoms. The Bertz CT molecular complexity index is 806. The number of nitrogens with zero attached hydrogens (tertiary/aromatic N) is 2. The summed E-state index contributed by atoms with van der Waals surface area (Å²) in [6, 6.07) is 5.79. The Labute approximate surface area is 143 Å². The highest BCUT2D eigenvalue weighted by atomic mass is 32.2. The van der Waals surface area contributed by atoms with Crippen LogP contribution in [-0.4, -0.2) is 70.6 Å². The van der Waals surface area contributed by atoms with Crippen LogP contribution in [0.25, 0.3) is 0 Å². The van der Waals surface area contributed by atoms with Gasteiger partial charge in [-0.3, -0.25) is 4.79 Å². The second-order valence-corrected chi connectivity index (χ2v) is 10.6. The average Bonchev–Trinajstić information content (AvgIpc) is 2.53. The molecule has 1 saturated heterocycles. The van der Waals surface area contributed by atoms with Crippen molar-refractivity contribution < 1.29 is 21.6 Å². The summed E-state index contributed by atoms with van der Waals surface area (Å²) < 4.78 is 48.3. The minimum absolute atomic E-state index is 0.125. The molecule has 0 spiro atoms. The summed E-state index contributed by atoms with van der Waals surface area (Å²) in [6.45, 7) is 0.767. The quantitative estimate of drug-likeness (QED) is 0.769. The van der Waals surface area contributed by atoms with Gasteiger partial charge in [-0.25, -0.2) is 21.1 Å². The van der Waals surface area contributed by atoms with Crippen molar-refractivity contribution in [2.24, 2.45) is 0 Å². The summed E-state index contributed by atoms with van der Waals surface area (Å²) in [5.41, 5.74) is 0.394. The van der Waals surface area contributed by atoms with Gasteiger partial charge in [0.25, 0.3) is 5.91 Å². The number of likely N-dealkylation sites (tertiary alicyclic amines) is 1. The number of carbonyl (C=O) groups is 1. The van der Waals surface area contributed by atoms with Crippen molar-refractivity contribution in [2.75, 3.05) is 33.4 Å². The van der Waals surface area contributed by atoms with Gasteiger partial charge in [0, 0.05) is 39.0 Å². The van der Waals surface area contributed by atoms with Crippen molar-refractivity contribution in [3.05, 3.63) is 29.8 Å². The SMILES string of the molecule is CN(C)S(=O)(=O)c1ccc(C(=O)N2CCC(S(C)(=O)=O)CC2)cc1. The fourth-order valence-corrected chi connectivity index (χ4v) is 4.62. The van der Waals surface area contributed by atoms with Gasteiger partial charge in [0.1, 0.15) is 9.84 Å². The second-order valence-electron chi connectivity index (χ2n) is 6.13. The molecule has 0 radical (unpaired) electrons. The first kappa shape index (κ1) is 18.9. The van der Waals surface area contributed by atoms with E-state index in [9.17, 15) is 21.6 Å². The molecule has 0 N–H and O–H groups in total. The molecule has 0 aromatic heterocycles. The van der Waals surface area contributed by atoms with E-state index in [0.717, 1.165) is 4.31 Å². The van der Waals surface area contributed by atoms with Crippen LogP contribution in [0.3, 0.4) is 0 Å². The van der Waals surface area contributed by atoms with Gasteiger partial charge in [0.2, 0.25) is 10.0 Å². The summed E-state index contributed by atoms with van der Waals surface area (Å²) in [7, 11) is -3.72. The molecule has 24 heavy (non-hydrogen) atoms. The van der Waals surface area contributed by atoms with Gasteiger partial charge in [-0.05, 0) is 37.1 Å². The Balaban J connectivity index is 2.09. The molecule has 1 aliphatic heterocycles. The highest BCUT2D eigenvalue weighted by molar-refractivity contribution is 7.91. The maximum Gasteiger partial charge on any atom is 0.253 e. The van der Waals surface area contributed by atoms with E-state index in [2.05, 4.69) is 0 Å². The molecular formula is C15H22N2O5S2. The molecule has 1 aromatic rings. The van der Waals surface area contributed by atoms with Crippen LogP contribution in [0.5, 0.6) is 0 Å². The smallest absolute Gasteiger partial charge is 0.253 e. The molecular weight excluding hydrogens is 352 g/mol. The van der Waals surface area contributed by atoms with E-state index < -0.39 is 25.1 Å². The van der Waals surface area contributed by atoms with E-state index in [0.29, 0.717) is 31.5 Å². The summed E-state index contributed by atoms with van der Waals surface area (Å²) in [5, 5.41) is -0.394. The lowest BCUT2D eigenvalue weighted by Gasteiger charge is -2.31. The largest absolute Gasteiger partial charge is 0.339 e. The van der Waals surface area contributed by atoms with Crippen LogP contribution in [0.15, 0.2) is 29.2 Å². The van der Waals surface area contributed by atoms with Gasteiger partial charge in [0.15, 0.2) is 0 Å². The maximum absolute atomic E-state index is 12.5. The van der Waals surface area contributed by atoms with Crippen LogP contribution in [-0.2, 0) is 19.9 Å². The van der Waals surface area contributed by atoms with Gasteiger partial charge < -0.3 is 4.90 Å². The first-order valence-corrected chi connectivity index (χ1v) is 10.9. The fraction of sp³-hybridized carbons (Fsp3) is 0.533. The Morgan fingerprint density at radius 1 is 1.04 bits per heavy atom. The van der Waals surface area contributed by atoms with Gasteiger partial charge >= 0.3 is 0 Å². The van der Waals surface area contributed by atoms with E-state index in [1.807, 2.05) is 0 Å². The Kier molecular flexibility index (Phi) is 5.36. The lowest BCUT2D eigenvalue weighted by molar-refractivity contribution is 0.0725. The minimum atomic E-state index is -3.53. The molecule has 1 aliphatic rings. The zero-order valence-corrected chi connectivity index (χ0v) is 15.6. The summed E-state index contributed by atoms with van der Waals surface area (Å²) in [4.78, 5) is 14.2. The number of piperidine rings is 1. The molecule has 0 saturated carbocycles. The third-order valence-electron chi connectivity index (χ3n) is 4.21. The van der Waals surface area contributed by atoms with Gasteiger partial charge in [-0.15, -0.1) is 0 Å². The van der Waals surface area contributed by atoms with Crippen LogP contribution in [0.2, 0.25) is 0 Å². The Hall–Kier alpha value is -1.45. The Morgan fingerprint density at radius 3 is 1.96 bits per heavy atom. The van der Waals surface area contributed by atoms with E-state index in [-0.39, 0.29) is 10.8 Å². The molecule has 9 heteroatoms. The highest BCUT2D eigenvalue weighted by Crippen LogP contribution is 2.20. The van der Waals surface area contributed by atoms with Crippen molar-refractivity contribution in [1.29, 1.82) is 0 Å². The molecule has 134 valence electrons. The predicted octanol–water partition coefficient (Wildman–Crippen LogP) is 0.586. The molecule has 1 amide bonds. The highest BCUT2D eigenvalue weighted by Gasteiger charge is 2.29. The summed E-state index contributed by atoms with van der Waals surface area (Å²) in [5.74, 6) is -0.212. The van der Waals surface area contributed by atoms with E-state index in [1.165, 1.54) is 44.6 Å². The molecule has 0 aliphatic carbocycles. The van der Waals surface area contributed by atoms with Crippen LogP contribution >= 0.6 is 0 Å². The summed E-state index contributed by atoms with van der Waals surface area (Å²) in [6.07, 6.45) is 2.08. The first-order chi connectivity index (χ1) is 11.0. The van der Waals surface area contributed by atoms with Crippen LogP contribution < -0.4 is 0 Å². The number of sulfonamides is 1. The van der Waals surface area contributed by atoms with E-state index >= 15 is 0 Å². The fourth-order valence-electron chi connectivity index (χ4n) is 2.65. The number of rotatable bonds is 4. The van der Waals surface area contributed by atoms with Crippen LogP contribution in [0.1, 0.15) is 23.2 Å². The number of carbonyl (C=O) groups excluding carboxylic acids is 1. The van der Waals surface area contributed by atoms with Gasteiger partial charge in [0.05, 0.1) is 10.1 Å². The Morgan fingerprint density at radius 2 is 1.54 bits per heavy atom. The van der Waals surface area contributed by atoms with Crippen molar-refractivity contribution >= 4 is 25.8 Å². The molecule has 2 rings (SSSR count). The molecule has 7 nitrogen and oxygen atoms in total. The average molecular weight is 374 g/mol. The predicted molar refractivity (Wildman–Crippen MR) is 91.1 cm³/mol. The molecule has 1 heterocycles. The van der Waals surface area contributed by atoms with Gasteiger partial charge in [-0.1, -0.05) is 0 Å². The lowest BCUT2D eigenvalue weighted by Crippen LogP contribution is -2.42. The van der Waals surface area contributed by atoms with Crippen molar-refractivity contribution in [3.63, 3.8) is 0 Å². The van der Waals surface area contributed by atoms with Crippen LogP contribution in [0.4, 0.5) is 0 Å². The number of benzene rings is 1. The van der Waals surface area contributed by atoms with Gasteiger partial charge in [-0.2, -0.15) is 0 Å². The molecule has 1 fully saturated rings. The third kappa shape index (κ3) is 3.96. The zero-order chi connectivity index (χ0) is 18.1. The van der Waals surface area contributed by atoms with E-state index in [1.54, 1.807) is 4.90 Å². The zero-order valence-electron chi connectivity index (χ0n) is 14.0. The lowest BCUT2D eigenvalue weighted by atomic mass is 10.1. The number of amides is 1. The minimum Gasteiger partial charge on any atom is -0.339 e.